The summed E-state index contributed by atoms with van der Waals surface area (Å²) in [5.74, 6) is 0.343. The van der Waals surface area contributed by atoms with E-state index in [0.29, 0.717) is 36.7 Å². The molecular formula is C14H19N3O3. The SMILES string of the molecule is Cc1ccc(C(=O)N2CCC(CN)CC2)cc1[N+](=O)[O-]. The highest BCUT2D eigenvalue weighted by atomic mass is 16.6. The van der Waals surface area contributed by atoms with Crippen molar-refractivity contribution in [2.24, 2.45) is 11.7 Å². The maximum absolute atomic E-state index is 12.4. The number of nitro groups is 1. The fourth-order valence-corrected chi connectivity index (χ4v) is 2.49. The highest BCUT2D eigenvalue weighted by molar-refractivity contribution is 5.95. The number of piperidine rings is 1. The Labute approximate surface area is 117 Å². The molecule has 1 fully saturated rings. The lowest BCUT2D eigenvalue weighted by atomic mass is 9.96. The lowest BCUT2D eigenvalue weighted by molar-refractivity contribution is -0.385. The third kappa shape index (κ3) is 2.96. The van der Waals surface area contributed by atoms with Crippen LogP contribution in [-0.2, 0) is 0 Å². The van der Waals surface area contributed by atoms with Crippen LogP contribution in [-0.4, -0.2) is 35.4 Å². The van der Waals surface area contributed by atoms with Crippen LogP contribution < -0.4 is 5.73 Å². The van der Waals surface area contributed by atoms with Crippen molar-refractivity contribution in [3.8, 4) is 0 Å². The Morgan fingerprint density at radius 2 is 2.10 bits per heavy atom. The maximum atomic E-state index is 12.4. The van der Waals surface area contributed by atoms with Crippen LogP contribution in [0.3, 0.4) is 0 Å². The Morgan fingerprint density at radius 3 is 2.65 bits per heavy atom. The number of hydrogen-bond donors (Lipinski definition) is 1. The number of rotatable bonds is 3. The van der Waals surface area contributed by atoms with E-state index >= 15 is 0 Å². The topological polar surface area (TPSA) is 89.5 Å². The average molecular weight is 277 g/mol. The molecule has 108 valence electrons. The molecule has 1 aromatic rings. The summed E-state index contributed by atoms with van der Waals surface area (Å²) in [6.45, 7) is 3.65. The summed E-state index contributed by atoms with van der Waals surface area (Å²) in [5.41, 5.74) is 6.57. The highest BCUT2D eigenvalue weighted by Crippen LogP contribution is 2.22. The molecular weight excluding hydrogens is 258 g/mol. The molecule has 0 bridgehead atoms. The second kappa shape index (κ2) is 6.00. The van der Waals surface area contributed by atoms with Gasteiger partial charge in [-0.05, 0) is 38.3 Å². The molecule has 0 unspecified atom stereocenters. The molecule has 1 aromatic carbocycles. The molecule has 1 heterocycles. The first-order valence-corrected chi connectivity index (χ1v) is 6.77. The van der Waals surface area contributed by atoms with Gasteiger partial charge in [-0.3, -0.25) is 14.9 Å². The molecule has 1 amide bonds. The summed E-state index contributed by atoms with van der Waals surface area (Å²) in [6, 6.07) is 4.64. The average Bonchev–Trinajstić information content (AvgIpc) is 2.47. The number of amides is 1. The molecule has 0 aliphatic carbocycles. The predicted molar refractivity (Wildman–Crippen MR) is 75.5 cm³/mol. The Hall–Kier alpha value is -1.95. The van der Waals surface area contributed by atoms with Gasteiger partial charge in [0, 0.05) is 30.3 Å². The smallest absolute Gasteiger partial charge is 0.273 e. The Morgan fingerprint density at radius 1 is 1.45 bits per heavy atom. The number of nitrogens with two attached hydrogens (primary N) is 1. The highest BCUT2D eigenvalue weighted by Gasteiger charge is 2.24. The standard InChI is InChI=1S/C14H19N3O3/c1-10-2-3-12(8-13(10)17(19)20)14(18)16-6-4-11(9-15)5-7-16/h2-3,8,11H,4-7,9,15H2,1H3. The molecule has 0 atom stereocenters. The molecule has 0 radical (unpaired) electrons. The lowest BCUT2D eigenvalue weighted by Crippen LogP contribution is -2.40. The molecule has 1 aliphatic rings. The van der Waals surface area contributed by atoms with Crippen molar-refractivity contribution in [1.82, 2.24) is 4.90 Å². The van der Waals surface area contributed by atoms with Crippen molar-refractivity contribution in [2.75, 3.05) is 19.6 Å². The number of carbonyl (C=O) groups is 1. The van der Waals surface area contributed by atoms with Crippen LogP contribution >= 0.6 is 0 Å². The minimum Gasteiger partial charge on any atom is -0.339 e. The van der Waals surface area contributed by atoms with Crippen LogP contribution in [0.4, 0.5) is 5.69 Å². The number of carbonyl (C=O) groups excluding carboxylic acids is 1. The van der Waals surface area contributed by atoms with E-state index in [-0.39, 0.29) is 11.6 Å². The van der Waals surface area contributed by atoms with E-state index in [2.05, 4.69) is 0 Å². The van der Waals surface area contributed by atoms with Gasteiger partial charge < -0.3 is 10.6 Å². The fraction of sp³-hybridized carbons (Fsp3) is 0.500. The summed E-state index contributed by atoms with van der Waals surface area (Å²) < 4.78 is 0. The number of aryl methyl sites for hydroxylation is 1. The summed E-state index contributed by atoms with van der Waals surface area (Å²) in [6.07, 6.45) is 1.80. The number of nitro benzene ring substituents is 1. The zero-order chi connectivity index (χ0) is 14.7. The van der Waals surface area contributed by atoms with E-state index < -0.39 is 4.92 Å². The summed E-state index contributed by atoms with van der Waals surface area (Å²) >= 11 is 0. The monoisotopic (exact) mass is 277 g/mol. The van der Waals surface area contributed by atoms with Gasteiger partial charge in [0.15, 0.2) is 0 Å². The molecule has 0 spiro atoms. The lowest BCUT2D eigenvalue weighted by Gasteiger charge is -2.31. The van der Waals surface area contributed by atoms with Crippen molar-refractivity contribution < 1.29 is 9.72 Å². The van der Waals surface area contributed by atoms with Crippen LogP contribution in [0.5, 0.6) is 0 Å². The molecule has 20 heavy (non-hydrogen) atoms. The minimum absolute atomic E-state index is 0.00676. The van der Waals surface area contributed by atoms with Crippen LogP contribution in [0, 0.1) is 23.0 Å². The van der Waals surface area contributed by atoms with E-state index in [4.69, 9.17) is 5.73 Å². The zero-order valence-electron chi connectivity index (χ0n) is 11.5. The summed E-state index contributed by atoms with van der Waals surface area (Å²) in [4.78, 5) is 24.6. The molecule has 1 saturated heterocycles. The first-order valence-electron chi connectivity index (χ1n) is 6.77. The van der Waals surface area contributed by atoms with Gasteiger partial charge in [-0.25, -0.2) is 0 Å². The number of benzene rings is 1. The van der Waals surface area contributed by atoms with Crippen molar-refractivity contribution in [2.45, 2.75) is 19.8 Å². The largest absolute Gasteiger partial charge is 0.339 e. The normalized spacial score (nSPS) is 16.2. The van der Waals surface area contributed by atoms with E-state index in [1.807, 2.05) is 0 Å². The molecule has 2 N–H and O–H groups in total. The van der Waals surface area contributed by atoms with Gasteiger partial charge in [0.2, 0.25) is 0 Å². The van der Waals surface area contributed by atoms with Gasteiger partial charge in [0.25, 0.3) is 11.6 Å². The number of hydrogen-bond acceptors (Lipinski definition) is 4. The fourth-order valence-electron chi connectivity index (χ4n) is 2.49. The summed E-state index contributed by atoms with van der Waals surface area (Å²) in [5, 5.41) is 10.9. The number of likely N-dealkylation sites (tertiary alicyclic amines) is 1. The Kier molecular flexibility index (Phi) is 4.34. The van der Waals surface area contributed by atoms with Crippen molar-refractivity contribution in [3.63, 3.8) is 0 Å². The van der Waals surface area contributed by atoms with E-state index in [1.54, 1.807) is 24.0 Å². The molecule has 6 nitrogen and oxygen atoms in total. The van der Waals surface area contributed by atoms with Gasteiger partial charge in [-0.1, -0.05) is 6.07 Å². The van der Waals surface area contributed by atoms with E-state index in [0.717, 1.165) is 12.8 Å². The van der Waals surface area contributed by atoms with Crippen molar-refractivity contribution >= 4 is 11.6 Å². The molecule has 2 rings (SSSR count). The quantitative estimate of drug-likeness (QED) is 0.672. The second-order valence-electron chi connectivity index (χ2n) is 5.23. The van der Waals surface area contributed by atoms with Crippen molar-refractivity contribution in [3.05, 3.63) is 39.4 Å². The van der Waals surface area contributed by atoms with Gasteiger partial charge in [0.05, 0.1) is 4.92 Å². The third-order valence-electron chi connectivity index (χ3n) is 3.89. The Balaban J connectivity index is 2.14. The van der Waals surface area contributed by atoms with Gasteiger partial charge >= 0.3 is 0 Å². The van der Waals surface area contributed by atoms with E-state index in [9.17, 15) is 14.9 Å². The zero-order valence-corrected chi connectivity index (χ0v) is 11.5. The summed E-state index contributed by atoms with van der Waals surface area (Å²) in [7, 11) is 0. The number of nitrogens with zero attached hydrogens (tertiary/aromatic N) is 2. The minimum atomic E-state index is -0.452. The van der Waals surface area contributed by atoms with Crippen LogP contribution in [0.25, 0.3) is 0 Å². The van der Waals surface area contributed by atoms with Crippen molar-refractivity contribution in [1.29, 1.82) is 0 Å². The second-order valence-corrected chi connectivity index (χ2v) is 5.23. The van der Waals surface area contributed by atoms with Crippen LogP contribution in [0.15, 0.2) is 18.2 Å². The molecule has 0 saturated carbocycles. The molecule has 1 aliphatic heterocycles. The van der Waals surface area contributed by atoms with Gasteiger partial charge in [-0.2, -0.15) is 0 Å². The first-order chi connectivity index (χ1) is 9.52. The first kappa shape index (κ1) is 14.5. The molecule has 0 aromatic heterocycles. The van der Waals surface area contributed by atoms with Gasteiger partial charge in [0.1, 0.15) is 0 Å². The van der Waals surface area contributed by atoms with Gasteiger partial charge in [-0.15, -0.1) is 0 Å². The predicted octanol–water partition coefficient (Wildman–Crippen LogP) is 1.71. The Bertz CT molecular complexity index is 522. The third-order valence-corrected chi connectivity index (χ3v) is 3.89. The van der Waals surface area contributed by atoms with E-state index in [1.165, 1.54) is 6.07 Å². The molecule has 6 heteroatoms. The van der Waals surface area contributed by atoms with Crippen LogP contribution in [0.2, 0.25) is 0 Å². The maximum Gasteiger partial charge on any atom is 0.273 e. The van der Waals surface area contributed by atoms with Crippen LogP contribution in [0.1, 0.15) is 28.8 Å².